The molecule has 3 aromatic rings. The molecule has 1 atom stereocenters. The molecule has 0 amide bonds. The summed E-state index contributed by atoms with van der Waals surface area (Å²) < 4.78 is 5.51. The fraction of sp³-hybridized carbons (Fsp3) is 0.290. The molecule has 2 aliphatic heterocycles. The van der Waals surface area contributed by atoms with E-state index in [1.165, 1.54) is 18.2 Å². The second-order valence-corrected chi connectivity index (χ2v) is 9.90. The van der Waals surface area contributed by atoms with Crippen molar-refractivity contribution in [3.63, 3.8) is 0 Å². The molecule has 3 aromatic carbocycles. The van der Waals surface area contributed by atoms with Crippen LogP contribution in [0.4, 0.5) is 5.69 Å². The van der Waals surface area contributed by atoms with Crippen molar-refractivity contribution >= 4 is 28.9 Å². The molecule has 5 nitrogen and oxygen atoms in total. The van der Waals surface area contributed by atoms with E-state index in [2.05, 4.69) is 88.4 Å². The summed E-state index contributed by atoms with van der Waals surface area (Å²) >= 11 is 6.41. The number of carbonyl (C=O) groups excluding carboxylic acids is 1. The number of ether oxygens (including phenoxy) is 1. The Kier molecular flexibility index (Phi) is 7.51. The monoisotopic (exact) mass is 511 g/mol. The quantitative estimate of drug-likeness (QED) is 0.302. The number of para-hydroxylation sites is 1. The smallest absolute Gasteiger partial charge is 0.318 e. The Morgan fingerprint density at radius 2 is 1.38 bits per heavy atom. The highest BCUT2D eigenvalue weighted by Crippen LogP contribution is 2.50. The lowest BCUT2D eigenvalue weighted by Gasteiger charge is -2.43. The molecular weight excluding hydrogens is 478 g/mol. The van der Waals surface area contributed by atoms with Crippen LogP contribution in [0.2, 0.25) is 0 Å². The van der Waals surface area contributed by atoms with Gasteiger partial charge in [-0.15, -0.1) is 0 Å². The molecule has 6 heteroatoms. The van der Waals surface area contributed by atoms with Crippen molar-refractivity contribution in [3.05, 3.63) is 114 Å². The van der Waals surface area contributed by atoms with Gasteiger partial charge in [-0.2, -0.15) is 0 Å². The van der Waals surface area contributed by atoms with Crippen molar-refractivity contribution in [2.75, 3.05) is 25.1 Å². The third-order valence-electron chi connectivity index (χ3n) is 7.38. The minimum absolute atomic E-state index is 0.265. The maximum Gasteiger partial charge on any atom is 0.318 e. The summed E-state index contributed by atoms with van der Waals surface area (Å²) in [5.41, 5.74) is 3.39. The van der Waals surface area contributed by atoms with Crippen LogP contribution in [0.3, 0.4) is 0 Å². The van der Waals surface area contributed by atoms with Gasteiger partial charge >= 0.3 is 5.97 Å². The van der Waals surface area contributed by atoms with Gasteiger partial charge < -0.3 is 9.64 Å². The van der Waals surface area contributed by atoms with Crippen LogP contribution < -0.4 is 4.90 Å². The van der Waals surface area contributed by atoms with E-state index in [4.69, 9.17) is 17.0 Å². The average molecular weight is 512 g/mol. The Labute approximate surface area is 225 Å². The SMILES string of the molecule is CC/C=C1\C(C(=O)OC)C2(C(=S)N1c1ccccc1)N(Cc1ccccc1)CCN2Cc1ccccc1. The number of hydrogen-bond acceptors (Lipinski definition) is 5. The van der Waals surface area contributed by atoms with Gasteiger partial charge in [0.2, 0.25) is 0 Å². The van der Waals surface area contributed by atoms with E-state index in [9.17, 15) is 4.79 Å². The summed E-state index contributed by atoms with van der Waals surface area (Å²) in [5, 5.41) is 0. The van der Waals surface area contributed by atoms with Crippen molar-refractivity contribution in [3.8, 4) is 0 Å². The van der Waals surface area contributed by atoms with Gasteiger partial charge in [0, 0.05) is 37.6 Å². The van der Waals surface area contributed by atoms with Gasteiger partial charge in [0.1, 0.15) is 16.6 Å². The first kappa shape index (κ1) is 25.3. The zero-order chi connectivity index (χ0) is 25.8. The predicted molar refractivity (Wildman–Crippen MR) is 152 cm³/mol. The summed E-state index contributed by atoms with van der Waals surface area (Å²) in [6, 6.07) is 31.0. The lowest BCUT2D eigenvalue weighted by molar-refractivity contribution is -0.150. The van der Waals surface area contributed by atoms with Crippen molar-refractivity contribution in [2.45, 2.75) is 32.1 Å². The van der Waals surface area contributed by atoms with Crippen LogP contribution in [0.15, 0.2) is 103 Å². The molecule has 1 unspecified atom stereocenters. The summed E-state index contributed by atoms with van der Waals surface area (Å²) in [6.07, 6.45) is 2.91. The summed E-state index contributed by atoms with van der Waals surface area (Å²) in [7, 11) is 1.48. The molecule has 0 radical (unpaired) electrons. The lowest BCUT2D eigenvalue weighted by Crippen LogP contribution is -2.62. The number of allylic oxidation sites excluding steroid dienone is 1. The third-order valence-corrected chi connectivity index (χ3v) is 7.86. The van der Waals surface area contributed by atoms with Gasteiger partial charge in [0.25, 0.3) is 0 Å². The minimum atomic E-state index is -0.842. The van der Waals surface area contributed by atoms with Gasteiger partial charge in [-0.25, -0.2) is 0 Å². The molecule has 1 spiro atoms. The number of methoxy groups -OCH3 is 1. The van der Waals surface area contributed by atoms with Gasteiger partial charge in [0.15, 0.2) is 0 Å². The molecule has 0 aliphatic carbocycles. The first-order valence-corrected chi connectivity index (χ1v) is 13.3. The number of benzene rings is 3. The molecule has 190 valence electrons. The molecule has 5 rings (SSSR count). The second kappa shape index (κ2) is 11.0. The van der Waals surface area contributed by atoms with Crippen molar-refractivity contribution in [2.24, 2.45) is 5.92 Å². The standard InChI is InChI=1S/C31H33N3O2S/c1-3-13-27-28(29(35)36-2)31(30(37)34(27)26-18-11-6-12-19-26)32(22-24-14-7-4-8-15-24)20-21-33(31)23-25-16-9-5-10-17-25/h4-19,28H,3,20-23H2,1-2H3/b27-13+. The molecule has 0 aromatic heterocycles. The molecule has 2 saturated heterocycles. The Hall–Kier alpha value is -3.32. The van der Waals surface area contributed by atoms with Crippen molar-refractivity contribution in [1.29, 1.82) is 0 Å². The highest BCUT2D eigenvalue weighted by molar-refractivity contribution is 7.80. The van der Waals surface area contributed by atoms with Crippen LogP contribution >= 0.6 is 12.2 Å². The van der Waals surface area contributed by atoms with Crippen LogP contribution in [-0.4, -0.2) is 46.6 Å². The predicted octanol–water partition coefficient (Wildman–Crippen LogP) is 5.63. The fourth-order valence-electron chi connectivity index (χ4n) is 5.83. The van der Waals surface area contributed by atoms with Gasteiger partial charge in [-0.1, -0.05) is 104 Å². The van der Waals surface area contributed by atoms with E-state index in [0.29, 0.717) is 13.1 Å². The van der Waals surface area contributed by atoms with E-state index < -0.39 is 11.6 Å². The Balaban J connectivity index is 1.70. The van der Waals surface area contributed by atoms with E-state index in [1.807, 2.05) is 30.3 Å². The number of anilines is 1. The molecule has 2 fully saturated rings. The maximum atomic E-state index is 13.8. The second-order valence-electron chi connectivity index (χ2n) is 9.51. The molecule has 2 aliphatic rings. The maximum absolute atomic E-state index is 13.8. The summed E-state index contributed by atoms with van der Waals surface area (Å²) in [4.78, 5) is 21.4. The fourth-order valence-corrected chi connectivity index (χ4v) is 6.42. The number of esters is 1. The third kappa shape index (κ3) is 4.50. The minimum Gasteiger partial charge on any atom is -0.468 e. The topological polar surface area (TPSA) is 36.0 Å². The normalized spacial score (nSPS) is 20.7. The molecule has 37 heavy (non-hydrogen) atoms. The van der Waals surface area contributed by atoms with E-state index in [1.54, 1.807) is 0 Å². The summed E-state index contributed by atoms with van der Waals surface area (Å²) in [6.45, 7) is 5.04. The molecule has 0 saturated carbocycles. The Morgan fingerprint density at radius 3 is 1.84 bits per heavy atom. The molecular formula is C31H33N3O2S. The summed E-state index contributed by atoms with van der Waals surface area (Å²) in [5.74, 6) is -0.849. The van der Waals surface area contributed by atoms with Crippen LogP contribution in [-0.2, 0) is 22.6 Å². The highest BCUT2D eigenvalue weighted by Gasteiger charge is 2.66. The van der Waals surface area contributed by atoms with Crippen LogP contribution in [0.5, 0.6) is 0 Å². The van der Waals surface area contributed by atoms with Gasteiger partial charge in [-0.3, -0.25) is 14.6 Å². The molecule has 0 bridgehead atoms. The van der Waals surface area contributed by atoms with Crippen LogP contribution in [0.1, 0.15) is 24.5 Å². The Morgan fingerprint density at radius 1 is 0.892 bits per heavy atom. The zero-order valence-electron chi connectivity index (χ0n) is 21.4. The first-order valence-electron chi connectivity index (χ1n) is 12.9. The number of hydrogen-bond donors (Lipinski definition) is 0. The number of nitrogens with zero attached hydrogens (tertiary/aromatic N) is 3. The Bertz CT molecular complexity index is 1210. The lowest BCUT2D eigenvalue weighted by atomic mass is 9.90. The largest absolute Gasteiger partial charge is 0.468 e. The molecule has 2 heterocycles. The van der Waals surface area contributed by atoms with Crippen LogP contribution in [0.25, 0.3) is 0 Å². The first-order chi connectivity index (χ1) is 18.1. The van der Waals surface area contributed by atoms with Crippen LogP contribution in [0, 0.1) is 5.92 Å². The van der Waals surface area contributed by atoms with E-state index in [-0.39, 0.29) is 5.97 Å². The average Bonchev–Trinajstić information content (AvgIpc) is 3.40. The van der Waals surface area contributed by atoms with E-state index >= 15 is 0 Å². The number of thiocarbonyl (C=S) groups is 1. The highest BCUT2D eigenvalue weighted by atomic mass is 32.1. The van der Waals surface area contributed by atoms with Gasteiger partial charge in [-0.05, 0) is 29.7 Å². The van der Waals surface area contributed by atoms with Crippen molar-refractivity contribution in [1.82, 2.24) is 9.80 Å². The zero-order valence-corrected chi connectivity index (χ0v) is 22.2. The van der Waals surface area contributed by atoms with E-state index in [0.717, 1.165) is 35.9 Å². The number of carbonyl (C=O) groups is 1. The number of rotatable bonds is 7. The van der Waals surface area contributed by atoms with Gasteiger partial charge in [0.05, 0.1) is 7.11 Å². The molecule has 0 N–H and O–H groups in total. The van der Waals surface area contributed by atoms with Crippen molar-refractivity contribution < 1.29 is 9.53 Å².